The fraction of sp³-hybridized carbons (Fsp3) is 0.500. The van der Waals surface area contributed by atoms with E-state index in [2.05, 4.69) is 15.3 Å². The van der Waals surface area contributed by atoms with Crippen LogP contribution in [0.25, 0.3) is 0 Å². The van der Waals surface area contributed by atoms with Crippen molar-refractivity contribution in [3.05, 3.63) is 35.4 Å². The molecular weight excluding hydrogens is 342 g/mol. The molecule has 8 heteroatoms. The summed E-state index contributed by atoms with van der Waals surface area (Å²) in [6, 6.07) is 4.01. The highest BCUT2D eigenvalue weighted by molar-refractivity contribution is 6.39. The SMILES string of the molecule is CN1N=C(C(=O)NC2CCN(Cc3ccc(F)c(F)c3)CC2)CCC1=O. The lowest BCUT2D eigenvalue weighted by atomic mass is 10.0. The first-order valence-corrected chi connectivity index (χ1v) is 8.73. The van der Waals surface area contributed by atoms with Gasteiger partial charge in [0.25, 0.3) is 5.91 Å². The average Bonchev–Trinajstić information content (AvgIpc) is 2.62. The molecule has 2 aliphatic heterocycles. The lowest BCUT2D eigenvalue weighted by Crippen LogP contribution is -2.47. The number of nitrogens with one attached hydrogen (secondary N) is 1. The van der Waals surface area contributed by atoms with Gasteiger partial charge in [-0.05, 0) is 30.5 Å². The zero-order chi connectivity index (χ0) is 18.7. The molecule has 0 saturated carbocycles. The maximum Gasteiger partial charge on any atom is 0.267 e. The van der Waals surface area contributed by atoms with Crippen molar-refractivity contribution in [2.24, 2.45) is 5.10 Å². The van der Waals surface area contributed by atoms with E-state index in [1.54, 1.807) is 13.1 Å². The van der Waals surface area contributed by atoms with Crippen molar-refractivity contribution in [2.45, 2.75) is 38.3 Å². The molecule has 6 nitrogen and oxygen atoms in total. The predicted octanol–water partition coefficient (Wildman–Crippen LogP) is 1.65. The number of hydrogen-bond donors (Lipinski definition) is 1. The first-order valence-electron chi connectivity index (χ1n) is 8.73. The number of likely N-dealkylation sites (tertiary alicyclic amines) is 1. The van der Waals surface area contributed by atoms with E-state index in [9.17, 15) is 18.4 Å². The number of benzene rings is 1. The number of halogens is 2. The highest BCUT2D eigenvalue weighted by atomic mass is 19.2. The predicted molar refractivity (Wildman–Crippen MR) is 92.2 cm³/mol. The number of hydrazone groups is 1. The topological polar surface area (TPSA) is 65.0 Å². The molecule has 1 aromatic rings. The number of amides is 2. The molecule has 2 aliphatic rings. The van der Waals surface area contributed by atoms with Gasteiger partial charge in [0.1, 0.15) is 5.71 Å². The number of piperidine rings is 1. The molecule has 0 aliphatic carbocycles. The van der Waals surface area contributed by atoms with Gasteiger partial charge < -0.3 is 5.32 Å². The van der Waals surface area contributed by atoms with Gasteiger partial charge in [-0.3, -0.25) is 14.5 Å². The zero-order valence-electron chi connectivity index (χ0n) is 14.7. The lowest BCUT2D eigenvalue weighted by Gasteiger charge is -2.32. The minimum Gasteiger partial charge on any atom is -0.348 e. The molecule has 2 amide bonds. The van der Waals surface area contributed by atoms with Crippen LogP contribution in [0.15, 0.2) is 23.3 Å². The Morgan fingerprint density at radius 3 is 2.62 bits per heavy atom. The minimum absolute atomic E-state index is 0.0503. The van der Waals surface area contributed by atoms with Crippen molar-refractivity contribution >= 4 is 17.5 Å². The summed E-state index contributed by atoms with van der Waals surface area (Å²) in [5.41, 5.74) is 1.12. The van der Waals surface area contributed by atoms with Crippen LogP contribution in [-0.2, 0) is 16.1 Å². The second-order valence-corrected chi connectivity index (χ2v) is 6.74. The summed E-state index contributed by atoms with van der Waals surface area (Å²) in [6.45, 7) is 2.07. The Morgan fingerprint density at radius 2 is 1.96 bits per heavy atom. The number of carbonyl (C=O) groups excluding carboxylic acids is 2. The molecule has 140 valence electrons. The lowest BCUT2D eigenvalue weighted by molar-refractivity contribution is -0.130. The molecular formula is C18H22F2N4O2. The zero-order valence-corrected chi connectivity index (χ0v) is 14.7. The Balaban J connectivity index is 1.48. The van der Waals surface area contributed by atoms with E-state index in [-0.39, 0.29) is 17.9 Å². The molecule has 0 aromatic heterocycles. The third-order valence-electron chi connectivity index (χ3n) is 4.78. The van der Waals surface area contributed by atoms with Crippen LogP contribution in [0, 0.1) is 11.6 Å². The molecule has 2 heterocycles. The average molecular weight is 364 g/mol. The van der Waals surface area contributed by atoms with Crippen molar-refractivity contribution in [3.8, 4) is 0 Å². The normalized spacial score (nSPS) is 19.4. The highest BCUT2D eigenvalue weighted by Gasteiger charge is 2.26. The van der Waals surface area contributed by atoms with E-state index in [1.165, 1.54) is 11.1 Å². The third kappa shape index (κ3) is 4.43. The molecule has 1 saturated heterocycles. The Morgan fingerprint density at radius 1 is 1.23 bits per heavy atom. The fourth-order valence-corrected chi connectivity index (χ4v) is 3.23. The molecule has 1 fully saturated rings. The molecule has 0 bridgehead atoms. The molecule has 0 spiro atoms. The summed E-state index contributed by atoms with van der Waals surface area (Å²) < 4.78 is 26.3. The van der Waals surface area contributed by atoms with Crippen LogP contribution in [0.3, 0.4) is 0 Å². The molecule has 1 N–H and O–H groups in total. The summed E-state index contributed by atoms with van der Waals surface area (Å²) in [5.74, 6) is -1.98. The number of rotatable bonds is 4. The molecule has 1 aromatic carbocycles. The van der Waals surface area contributed by atoms with E-state index < -0.39 is 11.6 Å². The number of carbonyl (C=O) groups is 2. The summed E-state index contributed by atoms with van der Waals surface area (Å²) in [5, 5.41) is 8.22. The summed E-state index contributed by atoms with van der Waals surface area (Å²) in [6.07, 6.45) is 2.22. The van der Waals surface area contributed by atoms with Crippen LogP contribution in [0.4, 0.5) is 8.78 Å². The maximum atomic E-state index is 13.3. The van der Waals surface area contributed by atoms with Gasteiger partial charge in [-0.25, -0.2) is 13.8 Å². The first-order chi connectivity index (χ1) is 12.4. The fourth-order valence-electron chi connectivity index (χ4n) is 3.23. The summed E-state index contributed by atoms with van der Waals surface area (Å²) >= 11 is 0. The molecule has 26 heavy (non-hydrogen) atoms. The van der Waals surface area contributed by atoms with Gasteiger partial charge in [-0.15, -0.1) is 0 Å². The second-order valence-electron chi connectivity index (χ2n) is 6.74. The Labute approximate surface area is 150 Å². The van der Waals surface area contributed by atoms with Crippen molar-refractivity contribution in [3.63, 3.8) is 0 Å². The van der Waals surface area contributed by atoms with Crippen molar-refractivity contribution in [1.82, 2.24) is 15.2 Å². The van der Waals surface area contributed by atoms with Crippen LogP contribution in [0.2, 0.25) is 0 Å². The van der Waals surface area contributed by atoms with Gasteiger partial charge in [-0.2, -0.15) is 5.10 Å². The molecule has 0 unspecified atom stereocenters. The van der Waals surface area contributed by atoms with Gasteiger partial charge in [0.05, 0.1) is 0 Å². The van der Waals surface area contributed by atoms with Gasteiger partial charge in [0.2, 0.25) is 5.91 Å². The highest BCUT2D eigenvalue weighted by Crippen LogP contribution is 2.16. The third-order valence-corrected chi connectivity index (χ3v) is 4.78. The molecule has 0 atom stereocenters. The Bertz CT molecular complexity index is 730. The molecule has 0 radical (unpaired) electrons. The smallest absolute Gasteiger partial charge is 0.267 e. The van der Waals surface area contributed by atoms with Crippen LogP contribution in [0.5, 0.6) is 0 Å². The van der Waals surface area contributed by atoms with Gasteiger partial charge in [0, 0.05) is 45.6 Å². The second kappa shape index (κ2) is 7.90. The van der Waals surface area contributed by atoms with E-state index in [0.29, 0.717) is 25.1 Å². The van der Waals surface area contributed by atoms with E-state index in [0.717, 1.165) is 37.6 Å². The Hall–Kier alpha value is -2.35. The van der Waals surface area contributed by atoms with Gasteiger partial charge >= 0.3 is 0 Å². The van der Waals surface area contributed by atoms with Crippen molar-refractivity contribution in [1.29, 1.82) is 0 Å². The van der Waals surface area contributed by atoms with Gasteiger partial charge in [0.15, 0.2) is 11.6 Å². The largest absolute Gasteiger partial charge is 0.348 e. The quantitative estimate of drug-likeness (QED) is 0.884. The minimum atomic E-state index is -0.840. The Kier molecular flexibility index (Phi) is 5.61. The standard InChI is InChI=1S/C18H22F2N4O2/c1-23-17(25)5-4-16(22-23)18(26)21-13-6-8-24(9-7-13)11-12-2-3-14(19)15(20)10-12/h2-3,10,13H,4-9,11H2,1H3,(H,21,26). The van der Waals surface area contributed by atoms with Crippen molar-refractivity contribution < 1.29 is 18.4 Å². The van der Waals surface area contributed by atoms with Crippen LogP contribution in [-0.4, -0.2) is 53.6 Å². The van der Waals surface area contributed by atoms with Crippen LogP contribution >= 0.6 is 0 Å². The number of nitrogens with zero attached hydrogens (tertiary/aromatic N) is 3. The monoisotopic (exact) mass is 364 g/mol. The summed E-state index contributed by atoms with van der Waals surface area (Å²) in [4.78, 5) is 25.9. The van der Waals surface area contributed by atoms with E-state index >= 15 is 0 Å². The van der Waals surface area contributed by atoms with E-state index in [1.807, 2.05) is 0 Å². The van der Waals surface area contributed by atoms with Crippen LogP contribution in [0.1, 0.15) is 31.2 Å². The van der Waals surface area contributed by atoms with Crippen molar-refractivity contribution in [2.75, 3.05) is 20.1 Å². The van der Waals surface area contributed by atoms with Gasteiger partial charge in [-0.1, -0.05) is 6.07 Å². The molecule has 3 rings (SSSR count). The number of hydrogen-bond acceptors (Lipinski definition) is 4. The first kappa shape index (κ1) is 18.4. The van der Waals surface area contributed by atoms with E-state index in [4.69, 9.17) is 0 Å². The maximum absolute atomic E-state index is 13.3. The van der Waals surface area contributed by atoms with Crippen LogP contribution < -0.4 is 5.32 Å². The summed E-state index contributed by atoms with van der Waals surface area (Å²) in [7, 11) is 1.55.